The van der Waals surface area contributed by atoms with Crippen molar-refractivity contribution in [1.29, 1.82) is 5.26 Å². The minimum Gasteiger partial charge on any atom is -0.397 e. The molecule has 0 amide bonds. The summed E-state index contributed by atoms with van der Waals surface area (Å²) >= 11 is 3.23. The van der Waals surface area contributed by atoms with Crippen LogP contribution in [0.4, 0.5) is 5.69 Å². The van der Waals surface area contributed by atoms with E-state index in [0.717, 1.165) is 0 Å². The third-order valence-electron chi connectivity index (χ3n) is 1.78. The van der Waals surface area contributed by atoms with E-state index in [1.807, 2.05) is 6.07 Å². The second-order valence-corrected chi connectivity index (χ2v) is 3.69. The van der Waals surface area contributed by atoms with Crippen LogP contribution in [-0.4, -0.2) is 14.8 Å². The van der Waals surface area contributed by atoms with Gasteiger partial charge in [0, 0.05) is 6.20 Å². The molecule has 2 heterocycles. The fraction of sp³-hybridized carbons (Fsp3) is 0. The summed E-state index contributed by atoms with van der Waals surface area (Å²) in [4.78, 5) is 4.08. The minimum atomic E-state index is 0.327. The predicted octanol–water partition coefficient (Wildman–Crippen LogP) is 1.48. The molecular formula is C9H6BrN5. The molecule has 0 aliphatic heterocycles. The number of nitrogen functional groups attached to an aromatic ring is 1. The lowest BCUT2D eigenvalue weighted by Crippen LogP contribution is -1.98. The summed E-state index contributed by atoms with van der Waals surface area (Å²) in [6.07, 6.45) is 3.22. The summed E-state index contributed by atoms with van der Waals surface area (Å²) in [5, 5.41) is 12.8. The van der Waals surface area contributed by atoms with Gasteiger partial charge in [-0.3, -0.25) is 0 Å². The van der Waals surface area contributed by atoms with Gasteiger partial charge in [-0.2, -0.15) is 10.4 Å². The summed E-state index contributed by atoms with van der Waals surface area (Å²) < 4.78 is 2.16. The van der Waals surface area contributed by atoms with Gasteiger partial charge in [-0.1, -0.05) is 0 Å². The third kappa shape index (κ3) is 1.82. The highest BCUT2D eigenvalue weighted by atomic mass is 79.9. The van der Waals surface area contributed by atoms with Crippen LogP contribution in [0.3, 0.4) is 0 Å². The van der Waals surface area contributed by atoms with Gasteiger partial charge in [0.15, 0.2) is 11.5 Å². The Hall–Kier alpha value is -1.87. The molecule has 15 heavy (non-hydrogen) atoms. The number of rotatable bonds is 1. The monoisotopic (exact) mass is 263 g/mol. The summed E-state index contributed by atoms with van der Waals surface area (Å²) in [5.74, 6) is 0.617. The molecule has 0 unspecified atom stereocenters. The molecule has 2 aromatic rings. The molecule has 0 bridgehead atoms. The summed E-state index contributed by atoms with van der Waals surface area (Å²) in [7, 11) is 0. The highest BCUT2D eigenvalue weighted by Crippen LogP contribution is 2.16. The van der Waals surface area contributed by atoms with E-state index >= 15 is 0 Å². The standard InChI is InChI=1S/C9H6BrN5/c10-7-5-15(14-8(7)3-11)9-2-1-6(12)4-13-9/h1-2,4-5H,12H2. The maximum absolute atomic E-state index is 8.73. The molecule has 0 aromatic carbocycles. The Balaban J connectivity index is 2.46. The van der Waals surface area contributed by atoms with E-state index in [-0.39, 0.29) is 0 Å². The van der Waals surface area contributed by atoms with Crippen LogP contribution in [0.2, 0.25) is 0 Å². The van der Waals surface area contributed by atoms with Gasteiger partial charge in [0.25, 0.3) is 0 Å². The van der Waals surface area contributed by atoms with Gasteiger partial charge in [0.2, 0.25) is 0 Å². The van der Waals surface area contributed by atoms with Crippen molar-refractivity contribution in [2.45, 2.75) is 0 Å². The average Bonchev–Trinajstić information content (AvgIpc) is 2.61. The molecule has 2 N–H and O–H groups in total. The smallest absolute Gasteiger partial charge is 0.177 e. The maximum atomic E-state index is 8.73. The Morgan fingerprint density at radius 1 is 1.47 bits per heavy atom. The Labute approximate surface area is 94.3 Å². The van der Waals surface area contributed by atoms with Crippen LogP contribution >= 0.6 is 15.9 Å². The van der Waals surface area contributed by atoms with Gasteiger partial charge in [-0.25, -0.2) is 9.67 Å². The van der Waals surface area contributed by atoms with Gasteiger partial charge in [-0.05, 0) is 28.1 Å². The van der Waals surface area contributed by atoms with E-state index in [0.29, 0.717) is 21.7 Å². The minimum absolute atomic E-state index is 0.327. The highest BCUT2D eigenvalue weighted by Gasteiger charge is 2.07. The Morgan fingerprint density at radius 3 is 2.80 bits per heavy atom. The van der Waals surface area contributed by atoms with Gasteiger partial charge in [-0.15, -0.1) is 0 Å². The van der Waals surface area contributed by atoms with Crippen molar-refractivity contribution in [3.8, 4) is 11.9 Å². The van der Waals surface area contributed by atoms with Crippen LogP contribution in [0.15, 0.2) is 29.0 Å². The predicted molar refractivity (Wildman–Crippen MR) is 58.2 cm³/mol. The third-order valence-corrected chi connectivity index (χ3v) is 2.36. The Bertz CT molecular complexity index is 522. The van der Waals surface area contributed by atoms with Crippen molar-refractivity contribution in [3.63, 3.8) is 0 Å². The molecule has 0 spiro atoms. The van der Waals surface area contributed by atoms with Crippen molar-refractivity contribution in [2.75, 3.05) is 5.73 Å². The van der Waals surface area contributed by atoms with E-state index in [2.05, 4.69) is 26.0 Å². The number of aromatic nitrogens is 3. The van der Waals surface area contributed by atoms with Crippen LogP contribution in [0.5, 0.6) is 0 Å². The van der Waals surface area contributed by atoms with Crippen molar-refractivity contribution >= 4 is 21.6 Å². The molecule has 0 aliphatic rings. The fourth-order valence-electron chi connectivity index (χ4n) is 1.08. The van der Waals surface area contributed by atoms with Crippen LogP contribution < -0.4 is 5.73 Å². The Kier molecular flexibility index (Phi) is 2.39. The lowest BCUT2D eigenvalue weighted by Gasteiger charge is -1.98. The lowest BCUT2D eigenvalue weighted by atomic mass is 10.4. The molecule has 0 aliphatic carbocycles. The molecule has 6 heteroatoms. The number of halogens is 1. The number of nitrogens with two attached hydrogens (primary N) is 1. The molecule has 2 rings (SSSR count). The van der Waals surface area contributed by atoms with E-state index in [9.17, 15) is 0 Å². The van der Waals surface area contributed by atoms with Crippen molar-refractivity contribution in [1.82, 2.24) is 14.8 Å². The first kappa shape index (κ1) is 9.68. The van der Waals surface area contributed by atoms with Gasteiger partial charge < -0.3 is 5.73 Å². The maximum Gasteiger partial charge on any atom is 0.177 e. The summed E-state index contributed by atoms with van der Waals surface area (Å²) in [5.41, 5.74) is 6.43. The number of pyridine rings is 1. The van der Waals surface area contributed by atoms with Crippen LogP contribution in [0.1, 0.15) is 5.69 Å². The fourth-order valence-corrected chi connectivity index (χ4v) is 1.44. The van der Waals surface area contributed by atoms with E-state index in [1.54, 1.807) is 18.3 Å². The number of nitriles is 1. The van der Waals surface area contributed by atoms with Gasteiger partial charge >= 0.3 is 0 Å². The van der Waals surface area contributed by atoms with Crippen molar-refractivity contribution in [3.05, 3.63) is 34.7 Å². The average molecular weight is 264 g/mol. The van der Waals surface area contributed by atoms with Crippen LogP contribution in [-0.2, 0) is 0 Å². The lowest BCUT2D eigenvalue weighted by molar-refractivity contribution is 0.841. The van der Waals surface area contributed by atoms with E-state index < -0.39 is 0 Å². The molecule has 0 fully saturated rings. The topological polar surface area (TPSA) is 80.5 Å². The first-order valence-electron chi connectivity index (χ1n) is 4.08. The number of hydrogen-bond donors (Lipinski definition) is 1. The summed E-state index contributed by atoms with van der Waals surface area (Å²) in [6, 6.07) is 5.42. The summed E-state index contributed by atoms with van der Waals surface area (Å²) in [6.45, 7) is 0. The quantitative estimate of drug-likeness (QED) is 0.845. The number of hydrogen-bond acceptors (Lipinski definition) is 4. The van der Waals surface area contributed by atoms with Crippen molar-refractivity contribution in [2.24, 2.45) is 0 Å². The number of anilines is 1. The molecule has 0 saturated heterocycles. The molecule has 0 atom stereocenters. The second-order valence-electron chi connectivity index (χ2n) is 2.83. The molecule has 0 radical (unpaired) electrons. The first-order chi connectivity index (χ1) is 7.20. The van der Waals surface area contributed by atoms with Crippen LogP contribution in [0, 0.1) is 11.3 Å². The molecule has 5 nitrogen and oxygen atoms in total. The molecule has 2 aromatic heterocycles. The van der Waals surface area contributed by atoms with Crippen LogP contribution in [0.25, 0.3) is 5.82 Å². The van der Waals surface area contributed by atoms with E-state index in [4.69, 9.17) is 11.0 Å². The number of nitrogens with zero attached hydrogens (tertiary/aromatic N) is 4. The second kappa shape index (κ2) is 3.71. The van der Waals surface area contributed by atoms with Crippen molar-refractivity contribution < 1.29 is 0 Å². The zero-order valence-corrected chi connectivity index (χ0v) is 9.14. The Morgan fingerprint density at radius 2 is 2.27 bits per heavy atom. The largest absolute Gasteiger partial charge is 0.397 e. The highest BCUT2D eigenvalue weighted by molar-refractivity contribution is 9.10. The SMILES string of the molecule is N#Cc1nn(-c2ccc(N)cn2)cc1Br. The zero-order valence-electron chi connectivity index (χ0n) is 7.55. The molecular weight excluding hydrogens is 258 g/mol. The van der Waals surface area contributed by atoms with Gasteiger partial charge in [0.05, 0.1) is 16.4 Å². The first-order valence-corrected chi connectivity index (χ1v) is 4.87. The van der Waals surface area contributed by atoms with E-state index in [1.165, 1.54) is 10.9 Å². The normalized spacial score (nSPS) is 9.87. The molecule has 0 saturated carbocycles. The zero-order chi connectivity index (χ0) is 10.8. The molecule has 74 valence electrons. The van der Waals surface area contributed by atoms with Gasteiger partial charge in [0.1, 0.15) is 6.07 Å².